The standard InChI is InChI=1S/C16H27N3O.HI/c1-4-17-16(18-9-7-15-6-5-11-20-15)19-10-8-13(2)14(3)12-19;/h5-6,11,13-14H,4,7-10,12H2,1-3H3,(H,17,18);1H. The molecule has 1 N–H and O–H groups in total. The van der Waals surface area contributed by atoms with Crippen LogP contribution in [0.2, 0.25) is 0 Å². The summed E-state index contributed by atoms with van der Waals surface area (Å²) in [6.45, 7) is 10.7. The lowest BCUT2D eigenvalue weighted by molar-refractivity contribution is 0.200. The fraction of sp³-hybridized carbons (Fsp3) is 0.688. The molecule has 2 heterocycles. The van der Waals surface area contributed by atoms with E-state index in [1.54, 1.807) is 6.26 Å². The Hall–Kier alpha value is -0.720. The zero-order chi connectivity index (χ0) is 14.4. The highest BCUT2D eigenvalue weighted by atomic mass is 127. The summed E-state index contributed by atoms with van der Waals surface area (Å²) >= 11 is 0. The normalized spacial score (nSPS) is 22.8. The van der Waals surface area contributed by atoms with E-state index in [0.717, 1.165) is 56.2 Å². The topological polar surface area (TPSA) is 40.8 Å². The highest BCUT2D eigenvalue weighted by Gasteiger charge is 2.24. The highest BCUT2D eigenvalue weighted by Crippen LogP contribution is 2.22. The Labute approximate surface area is 145 Å². The van der Waals surface area contributed by atoms with E-state index in [-0.39, 0.29) is 24.0 Å². The highest BCUT2D eigenvalue weighted by molar-refractivity contribution is 14.0. The number of furan rings is 1. The van der Waals surface area contributed by atoms with E-state index in [0.29, 0.717) is 0 Å². The lowest BCUT2D eigenvalue weighted by Crippen LogP contribution is -2.48. The molecule has 2 atom stereocenters. The first-order valence-corrected chi connectivity index (χ1v) is 7.76. The molecule has 5 heteroatoms. The monoisotopic (exact) mass is 405 g/mol. The number of halogens is 1. The van der Waals surface area contributed by atoms with Gasteiger partial charge in [-0.05, 0) is 37.3 Å². The first kappa shape index (κ1) is 18.3. The van der Waals surface area contributed by atoms with Gasteiger partial charge < -0.3 is 14.6 Å². The van der Waals surface area contributed by atoms with E-state index in [1.165, 1.54) is 6.42 Å². The molecule has 2 rings (SSSR count). The molecule has 0 bridgehead atoms. The molecule has 0 saturated carbocycles. The molecule has 1 aliphatic rings. The molecule has 1 aliphatic heterocycles. The summed E-state index contributed by atoms with van der Waals surface area (Å²) in [6, 6.07) is 3.94. The molecule has 4 nitrogen and oxygen atoms in total. The summed E-state index contributed by atoms with van der Waals surface area (Å²) in [7, 11) is 0. The van der Waals surface area contributed by atoms with Gasteiger partial charge in [-0.25, -0.2) is 0 Å². The van der Waals surface area contributed by atoms with Crippen LogP contribution in [0.25, 0.3) is 0 Å². The van der Waals surface area contributed by atoms with Crippen molar-refractivity contribution < 1.29 is 4.42 Å². The summed E-state index contributed by atoms with van der Waals surface area (Å²) in [4.78, 5) is 7.14. The number of guanidine groups is 1. The number of aliphatic imine (C=N–C) groups is 1. The first-order valence-electron chi connectivity index (χ1n) is 7.76. The second-order valence-electron chi connectivity index (χ2n) is 5.75. The average molecular weight is 405 g/mol. The summed E-state index contributed by atoms with van der Waals surface area (Å²) in [5, 5.41) is 3.41. The molecule has 0 aromatic carbocycles. The molecular formula is C16H28IN3O. The van der Waals surface area contributed by atoms with Crippen molar-refractivity contribution in [3.8, 4) is 0 Å². The Balaban J connectivity index is 0.00000220. The summed E-state index contributed by atoms with van der Waals surface area (Å²) in [5.41, 5.74) is 0. The van der Waals surface area contributed by atoms with Gasteiger partial charge in [0.1, 0.15) is 5.76 Å². The van der Waals surface area contributed by atoms with E-state index in [9.17, 15) is 0 Å². The second kappa shape index (κ2) is 9.33. The van der Waals surface area contributed by atoms with E-state index in [4.69, 9.17) is 9.41 Å². The smallest absolute Gasteiger partial charge is 0.193 e. The number of likely N-dealkylation sites (tertiary alicyclic amines) is 1. The number of nitrogens with one attached hydrogen (secondary N) is 1. The van der Waals surface area contributed by atoms with Crippen molar-refractivity contribution >= 4 is 29.9 Å². The SMILES string of the molecule is CCNC(=NCCc1ccco1)N1CCC(C)C(C)C1.I. The van der Waals surface area contributed by atoms with Crippen LogP contribution in [-0.4, -0.2) is 37.0 Å². The lowest BCUT2D eigenvalue weighted by Gasteiger charge is -2.37. The predicted octanol–water partition coefficient (Wildman–Crippen LogP) is 3.38. The molecule has 1 fully saturated rings. The van der Waals surface area contributed by atoms with E-state index in [2.05, 4.69) is 31.0 Å². The maximum Gasteiger partial charge on any atom is 0.193 e. The van der Waals surface area contributed by atoms with Gasteiger partial charge in [0, 0.05) is 32.6 Å². The van der Waals surface area contributed by atoms with Crippen molar-refractivity contribution in [3.63, 3.8) is 0 Å². The maximum absolute atomic E-state index is 5.35. The lowest BCUT2D eigenvalue weighted by atomic mass is 9.89. The minimum atomic E-state index is 0. The average Bonchev–Trinajstić information content (AvgIpc) is 2.94. The van der Waals surface area contributed by atoms with Crippen LogP contribution in [0, 0.1) is 11.8 Å². The minimum absolute atomic E-state index is 0. The van der Waals surface area contributed by atoms with Crippen LogP contribution < -0.4 is 5.32 Å². The Bertz CT molecular complexity index is 419. The third-order valence-electron chi connectivity index (χ3n) is 4.17. The molecule has 1 saturated heterocycles. The van der Waals surface area contributed by atoms with Crippen LogP contribution in [-0.2, 0) is 6.42 Å². The quantitative estimate of drug-likeness (QED) is 0.475. The van der Waals surface area contributed by atoms with Crippen molar-refractivity contribution in [2.24, 2.45) is 16.8 Å². The van der Waals surface area contributed by atoms with Crippen molar-refractivity contribution in [2.45, 2.75) is 33.6 Å². The number of rotatable bonds is 4. The molecule has 0 aliphatic carbocycles. The van der Waals surface area contributed by atoms with Gasteiger partial charge in [0.2, 0.25) is 0 Å². The second-order valence-corrected chi connectivity index (χ2v) is 5.75. The molecule has 1 aromatic heterocycles. The van der Waals surface area contributed by atoms with Gasteiger partial charge in [-0.3, -0.25) is 4.99 Å². The summed E-state index contributed by atoms with van der Waals surface area (Å²) < 4.78 is 5.35. The molecular weight excluding hydrogens is 377 g/mol. The maximum atomic E-state index is 5.35. The first-order chi connectivity index (χ1) is 9.70. The molecule has 120 valence electrons. The van der Waals surface area contributed by atoms with E-state index >= 15 is 0 Å². The van der Waals surface area contributed by atoms with Gasteiger partial charge in [0.05, 0.1) is 6.26 Å². The van der Waals surface area contributed by atoms with Crippen molar-refractivity contribution in [2.75, 3.05) is 26.2 Å². The van der Waals surface area contributed by atoms with Gasteiger partial charge in [0.25, 0.3) is 0 Å². The summed E-state index contributed by atoms with van der Waals surface area (Å²) in [6.07, 6.45) is 3.84. The Morgan fingerprint density at radius 2 is 2.24 bits per heavy atom. The Kier molecular flexibility index (Phi) is 8.14. The largest absolute Gasteiger partial charge is 0.469 e. The van der Waals surface area contributed by atoms with Crippen molar-refractivity contribution in [3.05, 3.63) is 24.2 Å². The van der Waals surface area contributed by atoms with Gasteiger partial charge in [-0.1, -0.05) is 13.8 Å². The molecule has 1 aromatic rings. The number of hydrogen-bond acceptors (Lipinski definition) is 2. The number of nitrogens with zero attached hydrogens (tertiary/aromatic N) is 2. The van der Waals surface area contributed by atoms with Crippen molar-refractivity contribution in [1.29, 1.82) is 0 Å². The minimum Gasteiger partial charge on any atom is -0.469 e. The third-order valence-corrected chi connectivity index (χ3v) is 4.17. The fourth-order valence-corrected chi connectivity index (χ4v) is 2.61. The van der Waals surface area contributed by atoms with Crippen LogP contribution in [0.4, 0.5) is 0 Å². The number of hydrogen-bond donors (Lipinski definition) is 1. The van der Waals surface area contributed by atoms with Crippen LogP contribution in [0.5, 0.6) is 0 Å². The fourth-order valence-electron chi connectivity index (χ4n) is 2.61. The molecule has 0 amide bonds. The Morgan fingerprint density at radius 1 is 1.43 bits per heavy atom. The predicted molar refractivity (Wildman–Crippen MR) is 98.3 cm³/mol. The van der Waals surface area contributed by atoms with Crippen molar-refractivity contribution in [1.82, 2.24) is 10.2 Å². The molecule has 0 spiro atoms. The molecule has 0 radical (unpaired) electrons. The van der Waals surface area contributed by atoms with Gasteiger partial charge >= 0.3 is 0 Å². The zero-order valence-electron chi connectivity index (χ0n) is 13.3. The Morgan fingerprint density at radius 3 is 2.86 bits per heavy atom. The van der Waals surface area contributed by atoms with Gasteiger partial charge in [-0.2, -0.15) is 0 Å². The molecule has 21 heavy (non-hydrogen) atoms. The molecule has 2 unspecified atom stereocenters. The van der Waals surface area contributed by atoms with Gasteiger partial charge in [-0.15, -0.1) is 24.0 Å². The van der Waals surface area contributed by atoms with Crippen LogP contribution >= 0.6 is 24.0 Å². The third kappa shape index (κ3) is 5.52. The van der Waals surface area contributed by atoms with E-state index in [1.807, 2.05) is 12.1 Å². The van der Waals surface area contributed by atoms with Gasteiger partial charge in [0.15, 0.2) is 5.96 Å². The van der Waals surface area contributed by atoms with Crippen LogP contribution in [0.15, 0.2) is 27.8 Å². The summed E-state index contributed by atoms with van der Waals surface area (Å²) in [5.74, 6) is 3.61. The van der Waals surface area contributed by atoms with Crippen LogP contribution in [0.3, 0.4) is 0 Å². The van der Waals surface area contributed by atoms with E-state index < -0.39 is 0 Å². The number of piperidine rings is 1. The zero-order valence-corrected chi connectivity index (χ0v) is 15.7. The van der Waals surface area contributed by atoms with Crippen LogP contribution in [0.1, 0.15) is 33.0 Å².